The number of nitrogens with zero attached hydrogens (tertiary/aromatic N) is 2. The number of pyridine rings is 1. The number of hydrogen-bond donors (Lipinski definition) is 0. The number of nitriles is 1. The molecule has 0 N–H and O–H groups in total. The molecule has 0 atom stereocenters. The fourth-order valence-electron chi connectivity index (χ4n) is 1.73. The van der Waals surface area contributed by atoms with Crippen LogP contribution in [0.2, 0.25) is 5.02 Å². The van der Waals surface area contributed by atoms with Crippen LogP contribution in [0.1, 0.15) is 16.8 Å². The van der Waals surface area contributed by atoms with E-state index in [2.05, 4.69) is 0 Å². The molecule has 0 saturated heterocycles. The summed E-state index contributed by atoms with van der Waals surface area (Å²) in [5, 5.41) is 9.55. The van der Waals surface area contributed by atoms with E-state index in [-0.39, 0.29) is 11.0 Å². The third-order valence-corrected chi connectivity index (χ3v) is 3.20. The van der Waals surface area contributed by atoms with Gasteiger partial charge in [-0.3, -0.25) is 4.79 Å². The van der Waals surface area contributed by atoms with Gasteiger partial charge in [0.05, 0.1) is 0 Å². The Labute approximate surface area is 110 Å². The summed E-state index contributed by atoms with van der Waals surface area (Å²) in [5.41, 5.74) is 2.44. The van der Waals surface area contributed by atoms with E-state index < -0.39 is 0 Å². The molecule has 0 aliphatic rings. The fraction of sp³-hybridized carbons (Fsp3) is 0.143. The zero-order valence-electron chi connectivity index (χ0n) is 10.1. The highest BCUT2D eigenvalue weighted by molar-refractivity contribution is 6.31. The highest BCUT2D eigenvalue weighted by atomic mass is 35.5. The molecule has 18 heavy (non-hydrogen) atoms. The Balaban J connectivity index is 2.67. The molecule has 0 radical (unpaired) electrons. The first kappa shape index (κ1) is 12.4. The Kier molecular flexibility index (Phi) is 3.22. The van der Waals surface area contributed by atoms with Gasteiger partial charge in [-0.05, 0) is 31.5 Å². The van der Waals surface area contributed by atoms with E-state index in [1.807, 2.05) is 38.1 Å². The molecule has 0 bridgehead atoms. The maximum Gasteiger partial charge on any atom is 0.199 e. The summed E-state index contributed by atoms with van der Waals surface area (Å²) in [6, 6.07) is 8.96. The summed E-state index contributed by atoms with van der Waals surface area (Å²) >= 11 is 6.08. The Morgan fingerprint density at radius 1 is 1.28 bits per heavy atom. The summed E-state index contributed by atoms with van der Waals surface area (Å²) in [6.07, 6.45) is 1.54. The fourth-order valence-corrected chi connectivity index (χ4v) is 1.90. The first-order valence-electron chi connectivity index (χ1n) is 5.43. The Hall–Kier alpha value is -2.05. The molecule has 90 valence electrons. The summed E-state index contributed by atoms with van der Waals surface area (Å²) in [4.78, 5) is 11.5. The molecule has 3 nitrogen and oxygen atoms in total. The quantitative estimate of drug-likeness (QED) is 0.789. The molecule has 0 saturated carbocycles. The minimum absolute atomic E-state index is 0.122. The summed E-state index contributed by atoms with van der Waals surface area (Å²) in [5.74, 6) is 0. The van der Waals surface area contributed by atoms with Gasteiger partial charge in [0.2, 0.25) is 0 Å². The van der Waals surface area contributed by atoms with Crippen molar-refractivity contribution in [2.45, 2.75) is 13.8 Å². The monoisotopic (exact) mass is 258 g/mol. The van der Waals surface area contributed by atoms with Crippen LogP contribution in [0.4, 0.5) is 0 Å². The molecule has 0 fully saturated rings. The van der Waals surface area contributed by atoms with Crippen molar-refractivity contribution in [2.24, 2.45) is 0 Å². The molecule has 1 heterocycles. The second kappa shape index (κ2) is 4.67. The standard InChI is InChI=1S/C14H11ClN2O/c1-9-3-4-12(6-13(9)15)17-8-11(7-16)14(18)5-10(17)2/h3-6,8H,1-2H3. The molecular formula is C14H11ClN2O. The number of halogens is 1. The van der Waals surface area contributed by atoms with Crippen LogP contribution < -0.4 is 5.43 Å². The predicted octanol–water partition coefficient (Wildman–Crippen LogP) is 2.98. The van der Waals surface area contributed by atoms with Gasteiger partial charge in [-0.25, -0.2) is 0 Å². The van der Waals surface area contributed by atoms with Crippen LogP contribution in [0.5, 0.6) is 0 Å². The number of aryl methyl sites for hydroxylation is 2. The molecule has 0 amide bonds. The van der Waals surface area contributed by atoms with Gasteiger partial charge in [-0.2, -0.15) is 5.26 Å². The van der Waals surface area contributed by atoms with Gasteiger partial charge in [0.15, 0.2) is 5.43 Å². The van der Waals surface area contributed by atoms with Crippen molar-refractivity contribution in [1.82, 2.24) is 4.57 Å². The Morgan fingerprint density at radius 3 is 2.61 bits per heavy atom. The highest BCUT2D eigenvalue weighted by Crippen LogP contribution is 2.20. The van der Waals surface area contributed by atoms with Gasteiger partial charge in [0.25, 0.3) is 0 Å². The lowest BCUT2D eigenvalue weighted by Crippen LogP contribution is -2.12. The van der Waals surface area contributed by atoms with Gasteiger partial charge < -0.3 is 4.57 Å². The van der Waals surface area contributed by atoms with E-state index in [9.17, 15) is 4.79 Å². The van der Waals surface area contributed by atoms with Crippen molar-refractivity contribution >= 4 is 11.6 Å². The summed E-state index contributed by atoms with van der Waals surface area (Å²) < 4.78 is 1.78. The summed E-state index contributed by atoms with van der Waals surface area (Å²) in [6.45, 7) is 3.74. The molecular weight excluding hydrogens is 248 g/mol. The minimum atomic E-state index is -0.260. The number of benzene rings is 1. The maximum atomic E-state index is 11.5. The number of aromatic nitrogens is 1. The average molecular weight is 259 g/mol. The lowest BCUT2D eigenvalue weighted by molar-refractivity contribution is 0.967. The first-order valence-corrected chi connectivity index (χ1v) is 5.80. The van der Waals surface area contributed by atoms with Crippen molar-refractivity contribution in [2.75, 3.05) is 0 Å². The third kappa shape index (κ3) is 2.15. The van der Waals surface area contributed by atoms with E-state index in [4.69, 9.17) is 16.9 Å². The van der Waals surface area contributed by atoms with Gasteiger partial charge in [-0.15, -0.1) is 0 Å². The normalized spacial score (nSPS) is 10.1. The Morgan fingerprint density at radius 2 is 2.00 bits per heavy atom. The van der Waals surface area contributed by atoms with E-state index in [0.717, 1.165) is 16.9 Å². The second-order valence-electron chi connectivity index (χ2n) is 4.11. The van der Waals surface area contributed by atoms with Crippen LogP contribution in [0.3, 0.4) is 0 Å². The van der Waals surface area contributed by atoms with Crippen molar-refractivity contribution in [1.29, 1.82) is 5.26 Å². The molecule has 0 aliphatic heterocycles. The first-order chi connectivity index (χ1) is 8.52. The third-order valence-electron chi connectivity index (χ3n) is 2.80. The van der Waals surface area contributed by atoms with Crippen LogP contribution in [0, 0.1) is 25.2 Å². The van der Waals surface area contributed by atoms with E-state index >= 15 is 0 Å². The lowest BCUT2D eigenvalue weighted by Gasteiger charge is -2.12. The van der Waals surface area contributed by atoms with Gasteiger partial charge in [0, 0.05) is 28.7 Å². The molecule has 1 aromatic carbocycles. The van der Waals surface area contributed by atoms with E-state index in [1.165, 1.54) is 6.07 Å². The van der Waals surface area contributed by atoms with Gasteiger partial charge >= 0.3 is 0 Å². The number of rotatable bonds is 1. The van der Waals surface area contributed by atoms with Crippen molar-refractivity contribution in [3.05, 3.63) is 62.5 Å². The smallest absolute Gasteiger partial charge is 0.199 e. The van der Waals surface area contributed by atoms with Crippen molar-refractivity contribution < 1.29 is 0 Å². The zero-order valence-corrected chi connectivity index (χ0v) is 10.8. The maximum absolute atomic E-state index is 11.5. The molecule has 2 aromatic rings. The molecule has 0 aliphatic carbocycles. The average Bonchev–Trinajstić information content (AvgIpc) is 2.33. The van der Waals surface area contributed by atoms with Crippen LogP contribution >= 0.6 is 11.6 Å². The molecule has 4 heteroatoms. The Bertz CT molecular complexity index is 711. The molecule has 0 unspecified atom stereocenters. The van der Waals surface area contributed by atoms with Crippen molar-refractivity contribution in [3.8, 4) is 11.8 Å². The lowest BCUT2D eigenvalue weighted by atomic mass is 10.2. The van der Waals surface area contributed by atoms with Gasteiger partial charge in [0.1, 0.15) is 11.6 Å². The molecule has 0 spiro atoms. The summed E-state index contributed by atoms with van der Waals surface area (Å²) in [7, 11) is 0. The largest absolute Gasteiger partial charge is 0.320 e. The molecule has 2 rings (SSSR count). The zero-order chi connectivity index (χ0) is 13.3. The van der Waals surface area contributed by atoms with Crippen molar-refractivity contribution in [3.63, 3.8) is 0 Å². The number of hydrogen-bond acceptors (Lipinski definition) is 2. The SMILES string of the molecule is Cc1ccc(-n2cc(C#N)c(=O)cc2C)cc1Cl. The van der Waals surface area contributed by atoms with E-state index in [1.54, 1.807) is 10.8 Å². The highest BCUT2D eigenvalue weighted by Gasteiger charge is 2.06. The van der Waals surface area contributed by atoms with Gasteiger partial charge in [-0.1, -0.05) is 17.7 Å². The van der Waals surface area contributed by atoms with Crippen LogP contribution in [0.15, 0.2) is 35.3 Å². The molecule has 1 aromatic heterocycles. The van der Waals surface area contributed by atoms with Crippen LogP contribution in [-0.4, -0.2) is 4.57 Å². The second-order valence-corrected chi connectivity index (χ2v) is 4.52. The topological polar surface area (TPSA) is 45.8 Å². The minimum Gasteiger partial charge on any atom is -0.320 e. The van der Waals surface area contributed by atoms with Crippen LogP contribution in [-0.2, 0) is 0 Å². The predicted molar refractivity (Wildman–Crippen MR) is 71.2 cm³/mol. The van der Waals surface area contributed by atoms with E-state index in [0.29, 0.717) is 5.02 Å². The van der Waals surface area contributed by atoms with Crippen LogP contribution in [0.25, 0.3) is 5.69 Å².